The minimum atomic E-state index is 0.395. The lowest BCUT2D eigenvalue weighted by atomic mass is 9.96. The van der Waals surface area contributed by atoms with Crippen molar-refractivity contribution in [2.75, 3.05) is 13.7 Å². The van der Waals surface area contributed by atoms with Crippen LogP contribution in [-0.4, -0.2) is 36.7 Å². The Labute approximate surface area is 69.5 Å². The van der Waals surface area contributed by atoms with E-state index in [1.807, 2.05) is 0 Å². The third-order valence-electron chi connectivity index (χ3n) is 2.69. The second-order valence-corrected chi connectivity index (χ2v) is 3.63. The molecule has 1 heterocycles. The summed E-state index contributed by atoms with van der Waals surface area (Å²) < 4.78 is 5.29. The second kappa shape index (κ2) is 3.55. The van der Waals surface area contributed by atoms with E-state index in [0.717, 1.165) is 0 Å². The van der Waals surface area contributed by atoms with Gasteiger partial charge in [-0.3, -0.25) is 4.90 Å². The van der Waals surface area contributed by atoms with E-state index in [4.69, 9.17) is 4.74 Å². The number of rotatable bonds is 3. The van der Waals surface area contributed by atoms with Crippen molar-refractivity contribution in [2.24, 2.45) is 0 Å². The molecule has 0 amide bonds. The molecule has 0 aromatic rings. The molecule has 1 aliphatic heterocycles. The fraction of sp³-hybridized carbons (Fsp3) is 1.00. The molecule has 0 aliphatic carbocycles. The van der Waals surface area contributed by atoms with Crippen LogP contribution in [0.15, 0.2) is 0 Å². The number of hydrogen-bond acceptors (Lipinski definition) is 2. The summed E-state index contributed by atoms with van der Waals surface area (Å²) >= 11 is 0. The van der Waals surface area contributed by atoms with Crippen LogP contribution in [-0.2, 0) is 4.74 Å². The molecule has 0 bridgehead atoms. The summed E-state index contributed by atoms with van der Waals surface area (Å²) in [6.45, 7) is 7.89. The summed E-state index contributed by atoms with van der Waals surface area (Å²) in [5.41, 5.74) is 0. The van der Waals surface area contributed by atoms with Crippen LogP contribution >= 0.6 is 0 Å². The van der Waals surface area contributed by atoms with E-state index in [0.29, 0.717) is 18.2 Å². The van der Waals surface area contributed by atoms with Gasteiger partial charge < -0.3 is 4.74 Å². The zero-order chi connectivity index (χ0) is 8.43. The summed E-state index contributed by atoms with van der Waals surface area (Å²) in [5.74, 6) is 0. The predicted octanol–water partition coefficient (Wildman–Crippen LogP) is 1.50. The first-order valence-corrected chi connectivity index (χ1v) is 4.45. The lowest BCUT2D eigenvalue weighted by Gasteiger charge is -2.46. The molecule has 0 N–H and O–H groups in total. The van der Waals surface area contributed by atoms with Gasteiger partial charge in [-0.05, 0) is 27.2 Å². The maximum atomic E-state index is 5.29. The van der Waals surface area contributed by atoms with Crippen molar-refractivity contribution in [3.63, 3.8) is 0 Å². The van der Waals surface area contributed by atoms with Crippen LogP contribution < -0.4 is 0 Å². The first kappa shape index (κ1) is 9.01. The van der Waals surface area contributed by atoms with Gasteiger partial charge in [-0.2, -0.15) is 0 Å². The van der Waals surface area contributed by atoms with Crippen molar-refractivity contribution < 1.29 is 4.74 Å². The van der Waals surface area contributed by atoms with Crippen molar-refractivity contribution in [2.45, 2.75) is 45.4 Å². The first-order chi connectivity index (χ1) is 5.16. The number of hydrogen-bond donors (Lipinski definition) is 0. The maximum absolute atomic E-state index is 5.29. The van der Waals surface area contributed by atoms with Crippen molar-refractivity contribution in [1.29, 1.82) is 0 Å². The molecule has 2 heteroatoms. The molecule has 1 saturated heterocycles. The fourth-order valence-corrected chi connectivity index (χ4v) is 1.73. The van der Waals surface area contributed by atoms with Crippen LogP contribution in [0.3, 0.4) is 0 Å². The number of nitrogens with zero attached hydrogens (tertiary/aromatic N) is 1. The third kappa shape index (κ3) is 1.74. The lowest BCUT2D eigenvalue weighted by Crippen LogP contribution is -2.56. The number of methoxy groups -OCH3 is 1. The molecule has 0 spiro atoms. The molecule has 0 aromatic heterocycles. The van der Waals surface area contributed by atoms with E-state index in [2.05, 4.69) is 25.7 Å². The largest absolute Gasteiger partial charge is 0.380 e. The average Bonchev–Trinajstić information content (AvgIpc) is 1.83. The molecular weight excluding hydrogens is 138 g/mol. The Hall–Kier alpha value is -0.0800. The fourth-order valence-electron chi connectivity index (χ4n) is 1.73. The highest BCUT2D eigenvalue weighted by Crippen LogP contribution is 2.24. The van der Waals surface area contributed by atoms with E-state index in [-0.39, 0.29) is 0 Å². The zero-order valence-electron chi connectivity index (χ0n) is 8.00. The van der Waals surface area contributed by atoms with Gasteiger partial charge in [-0.1, -0.05) is 0 Å². The Bertz CT molecular complexity index is 125. The Kier molecular flexibility index (Phi) is 2.90. The minimum Gasteiger partial charge on any atom is -0.380 e. The molecule has 1 rings (SSSR count). The van der Waals surface area contributed by atoms with Crippen LogP contribution in [0.5, 0.6) is 0 Å². The number of likely N-dealkylation sites (tertiary alicyclic amines) is 1. The summed E-state index contributed by atoms with van der Waals surface area (Å²) in [6, 6.07) is 1.34. The van der Waals surface area contributed by atoms with Gasteiger partial charge >= 0.3 is 0 Å². The molecule has 66 valence electrons. The van der Waals surface area contributed by atoms with Crippen LogP contribution in [0.25, 0.3) is 0 Å². The Morgan fingerprint density at radius 3 is 2.27 bits per heavy atom. The molecule has 1 aliphatic rings. The second-order valence-electron chi connectivity index (χ2n) is 3.63. The van der Waals surface area contributed by atoms with E-state index in [1.165, 1.54) is 13.0 Å². The van der Waals surface area contributed by atoms with Gasteiger partial charge in [-0.15, -0.1) is 0 Å². The number of ether oxygens (including phenoxy) is 1. The van der Waals surface area contributed by atoms with Gasteiger partial charge in [-0.25, -0.2) is 0 Å². The quantitative estimate of drug-likeness (QED) is 0.615. The average molecular weight is 157 g/mol. The van der Waals surface area contributed by atoms with Gasteiger partial charge in [0.25, 0.3) is 0 Å². The standard InChI is InChI=1S/C9H19NO/c1-7(2)10-6-5-9(10)8(3)11-4/h7-9H,5-6H2,1-4H3. The molecule has 2 unspecified atom stereocenters. The summed E-state index contributed by atoms with van der Waals surface area (Å²) in [6.07, 6.45) is 1.69. The summed E-state index contributed by atoms with van der Waals surface area (Å²) in [7, 11) is 1.79. The smallest absolute Gasteiger partial charge is 0.0698 e. The molecule has 0 saturated carbocycles. The van der Waals surface area contributed by atoms with Crippen molar-refractivity contribution in [1.82, 2.24) is 4.90 Å². The van der Waals surface area contributed by atoms with E-state index in [9.17, 15) is 0 Å². The van der Waals surface area contributed by atoms with Crippen molar-refractivity contribution in [3.8, 4) is 0 Å². The Morgan fingerprint density at radius 2 is 2.00 bits per heavy atom. The highest BCUT2D eigenvalue weighted by Gasteiger charge is 2.33. The highest BCUT2D eigenvalue weighted by molar-refractivity contribution is 4.88. The normalized spacial score (nSPS) is 28.6. The molecule has 2 atom stereocenters. The van der Waals surface area contributed by atoms with Gasteiger partial charge in [0.2, 0.25) is 0 Å². The Balaban J connectivity index is 2.36. The SMILES string of the molecule is COC(C)C1CCN1C(C)C. The summed E-state index contributed by atoms with van der Waals surface area (Å²) in [4.78, 5) is 2.49. The molecule has 2 nitrogen and oxygen atoms in total. The van der Waals surface area contributed by atoms with E-state index in [1.54, 1.807) is 7.11 Å². The summed E-state index contributed by atoms with van der Waals surface area (Å²) in [5, 5.41) is 0. The van der Waals surface area contributed by atoms with Gasteiger partial charge in [0.1, 0.15) is 0 Å². The van der Waals surface area contributed by atoms with Crippen molar-refractivity contribution >= 4 is 0 Å². The molecular formula is C9H19NO. The van der Waals surface area contributed by atoms with Gasteiger partial charge in [0.05, 0.1) is 6.10 Å². The van der Waals surface area contributed by atoms with E-state index >= 15 is 0 Å². The van der Waals surface area contributed by atoms with Crippen LogP contribution in [0.4, 0.5) is 0 Å². The first-order valence-electron chi connectivity index (χ1n) is 4.45. The van der Waals surface area contributed by atoms with Gasteiger partial charge in [0.15, 0.2) is 0 Å². The monoisotopic (exact) mass is 157 g/mol. The Morgan fingerprint density at radius 1 is 1.36 bits per heavy atom. The molecule has 0 radical (unpaired) electrons. The minimum absolute atomic E-state index is 0.395. The van der Waals surface area contributed by atoms with E-state index < -0.39 is 0 Å². The maximum Gasteiger partial charge on any atom is 0.0698 e. The molecule has 0 aromatic carbocycles. The van der Waals surface area contributed by atoms with Gasteiger partial charge in [0, 0.05) is 25.7 Å². The molecule has 1 fully saturated rings. The molecule has 11 heavy (non-hydrogen) atoms. The van der Waals surface area contributed by atoms with Crippen molar-refractivity contribution in [3.05, 3.63) is 0 Å². The third-order valence-corrected chi connectivity index (χ3v) is 2.69. The lowest BCUT2D eigenvalue weighted by molar-refractivity contribution is -0.0437. The zero-order valence-corrected chi connectivity index (χ0v) is 8.00. The van der Waals surface area contributed by atoms with Crippen LogP contribution in [0.2, 0.25) is 0 Å². The topological polar surface area (TPSA) is 12.5 Å². The van der Waals surface area contributed by atoms with Crippen LogP contribution in [0, 0.1) is 0 Å². The highest BCUT2D eigenvalue weighted by atomic mass is 16.5. The predicted molar refractivity (Wildman–Crippen MR) is 46.7 cm³/mol. The van der Waals surface area contributed by atoms with Crippen LogP contribution in [0.1, 0.15) is 27.2 Å².